The maximum atomic E-state index is 14.1. The van der Waals surface area contributed by atoms with Crippen LogP contribution in [0.4, 0.5) is 11.4 Å². The minimum Gasteiger partial charge on any atom is -0.495 e. The minimum atomic E-state index is -4.61. The Bertz CT molecular complexity index is 1600. The van der Waals surface area contributed by atoms with Crippen LogP contribution in [0.15, 0.2) is 70.0 Å². The summed E-state index contributed by atoms with van der Waals surface area (Å²) in [5.41, 5.74) is 0.511. The van der Waals surface area contributed by atoms with E-state index in [1.807, 2.05) is 6.92 Å². The van der Waals surface area contributed by atoms with E-state index in [0.717, 1.165) is 14.8 Å². The van der Waals surface area contributed by atoms with Gasteiger partial charge in [-0.2, -0.15) is 0 Å². The first kappa shape index (κ1) is 33.8. The van der Waals surface area contributed by atoms with Crippen molar-refractivity contribution in [1.29, 1.82) is 0 Å². The van der Waals surface area contributed by atoms with E-state index in [1.54, 1.807) is 31.2 Å². The number of ether oxygens (including phenoxy) is 1. The zero-order valence-electron chi connectivity index (χ0n) is 24.0. The fourth-order valence-electron chi connectivity index (χ4n) is 4.21. The number of benzene rings is 3. The second-order valence-corrected chi connectivity index (χ2v) is 12.9. The summed E-state index contributed by atoms with van der Waals surface area (Å²) >= 11 is 9.62. The van der Waals surface area contributed by atoms with Gasteiger partial charge in [-0.1, -0.05) is 52.7 Å². The average molecular weight is 696 g/mol. The number of hydrogen-bond acceptors (Lipinski definition) is 7. The highest BCUT2D eigenvalue weighted by molar-refractivity contribution is 9.10. The van der Waals surface area contributed by atoms with Crippen molar-refractivity contribution in [3.05, 3.63) is 91.4 Å². The van der Waals surface area contributed by atoms with Crippen molar-refractivity contribution in [1.82, 2.24) is 10.2 Å². The van der Waals surface area contributed by atoms with Gasteiger partial charge in [-0.05, 0) is 62.2 Å². The van der Waals surface area contributed by atoms with E-state index < -0.39 is 49.9 Å². The molecule has 0 aliphatic rings. The molecule has 230 valence electrons. The average Bonchev–Trinajstić information content (AvgIpc) is 2.97. The third-order valence-corrected chi connectivity index (χ3v) is 9.16. The van der Waals surface area contributed by atoms with Crippen LogP contribution in [0.3, 0.4) is 0 Å². The van der Waals surface area contributed by atoms with Crippen LogP contribution < -0.4 is 14.4 Å². The van der Waals surface area contributed by atoms with E-state index >= 15 is 0 Å². The van der Waals surface area contributed by atoms with Crippen molar-refractivity contribution in [2.75, 3.05) is 24.5 Å². The van der Waals surface area contributed by atoms with Gasteiger partial charge in [0.25, 0.3) is 15.7 Å². The molecule has 0 aliphatic heterocycles. The molecule has 1 atom stereocenters. The van der Waals surface area contributed by atoms with Gasteiger partial charge in [0.2, 0.25) is 11.8 Å². The molecule has 0 saturated carbocycles. The van der Waals surface area contributed by atoms with Crippen LogP contribution in [0.1, 0.15) is 31.4 Å². The fourth-order valence-corrected chi connectivity index (χ4v) is 6.08. The minimum absolute atomic E-state index is 0.00337. The molecule has 0 bridgehead atoms. The molecule has 0 heterocycles. The van der Waals surface area contributed by atoms with E-state index in [9.17, 15) is 28.1 Å². The molecule has 2 amide bonds. The lowest BCUT2D eigenvalue weighted by Gasteiger charge is -2.32. The van der Waals surface area contributed by atoms with Crippen LogP contribution in [0.5, 0.6) is 5.75 Å². The van der Waals surface area contributed by atoms with Gasteiger partial charge in [0.05, 0.1) is 22.6 Å². The smallest absolute Gasteiger partial charge is 0.273 e. The summed E-state index contributed by atoms with van der Waals surface area (Å²) in [5, 5.41) is 14.6. The first-order chi connectivity index (χ1) is 20.3. The molecule has 0 aliphatic carbocycles. The number of methoxy groups -OCH3 is 1. The maximum absolute atomic E-state index is 14.1. The van der Waals surface area contributed by atoms with E-state index in [4.69, 9.17) is 16.3 Å². The number of nitro groups is 1. The Morgan fingerprint density at radius 3 is 2.40 bits per heavy atom. The molecular formula is C29H32BrClN4O7S. The molecule has 1 N–H and O–H groups in total. The molecule has 43 heavy (non-hydrogen) atoms. The summed E-state index contributed by atoms with van der Waals surface area (Å²) < 4.78 is 35.3. The number of nitrogens with one attached hydrogen (secondary N) is 1. The van der Waals surface area contributed by atoms with Crippen molar-refractivity contribution in [3.8, 4) is 5.75 Å². The van der Waals surface area contributed by atoms with Gasteiger partial charge >= 0.3 is 0 Å². The second-order valence-electron chi connectivity index (χ2n) is 9.65. The number of sulfonamides is 1. The maximum Gasteiger partial charge on any atom is 0.273 e. The Morgan fingerprint density at radius 1 is 1.12 bits per heavy atom. The highest BCUT2D eigenvalue weighted by Crippen LogP contribution is 2.36. The van der Waals surface area contributed by atoms with Crippen LogP contribution in [-0.4, -0.2) is 56.3 Å². The van der Waals surface area contributed by atoms with E-state index in [2.05, 4.69) is 21.2 Å². The molecule has 3 aromatic carbocycles. The van der Waals surface area contributed by atoms with E-state index in [-0.39, 0.29) is 28.6 Å². The van der Waals surface area contributed by atoms with Crippen LogP contribution in [0, 0.1) is 17.0 Å². The third-order valence-electron chi connectivity index (χ3n) is 6.64. The van der Waals surface area contributed by atoms with Gasteiger partial charge in [0, 0.05) is 34.2 Å². The molecule has 1 unspecified atom stereocenters. The van der Waals surface area contributed by atoms with Gasteiger partial charge in [-0.15, -0.1) is 0 Å². The lowest BCUT2D eigenvalue weighted by Crippen LogP contribution is -2.51. The molecular weight excluding hydrogens is 664 g/mol. The van der Waals surface area contributed by atoms with Crippen molar-refractivity contribution < 1.29 is 27.7 Å². The lowest BCUT2D eigenvalue weighted by atomic mass is 10.1. The summed E-state index contributed by atoms with van der Waals surface area (Å²) in [5.74, 6) is -1.01. The monoisotopic (exact) mass is 694 g/mol. The number of carbonyl (C=O) groups excluding carboxylic acids is 2. The highest BCUT2D eigenvalue weighted by Gasteiger charge is 2.35. The number of nitro benzene ring substituents is 1. The van der Waals surface area contributed by atoms with Crippen molar-refractivity contribution in [2.24, 2.45) is 0 Å². The molecule has 3 aromatic rings. The molecule has 0 aromatic heterocycles. The SMILES string of the molecule is CCCNC(=O)C(C)N(Cc1ccc(Br)cc1)C(=O)CN(c1cc(Cl)ccc1OC)S(=O)(=O)c1ccc(C)c([N+](=O)[O-])c1. The zero-order chi connectivity index (χ0) is 31.9. The number of halogens is 2. The number of nitrogens with zero attached hydrogens (tertiary/aromatic N) is 3. The predicted octanol–water partition coefficient (Wildman–Crippen LogP) is 5.47. The van der Waals surface area contributed by atoms with Crippen molar-refractivity contribution >= 4 is 60.7 Å². The summed E-state index contributed by atoms with van der Waals surface area (Å²) in [6.07, 6.45) is 0.683. The van der Waals surface area contributed by atoms with Gasteiger partial charge in [-0.3, -0.25) is 24.0 Å². The number of rotatable bonds is 13. The predicted molar refractivity (Wildman–Crippen MR) is 168 cm³/mol. The Kier molecular flexibility index (Phi) is 11.5. The van der Waals surface area contributed by atoms with Gasteiger partial charge < -0.3 is 15.0 Å². The Hall–Kier alpha value is -3.68. The normalized spacial score (nSPS) is 11.9. The van der Waals surface area contributed by atoms with E-state index in [0.29, 0.717) is 18.5 Å². The lowest BCUT2D eigenvalue weighted by molar-refractivity contribution is -0.385. The third kappa shape index (κ3) is 8.24. The van der Waals surface area contributed by atoms with Crippen molar-refractivity contribution in [3.63, 3.8) is 0 Å². The fraction of sp³-hybridized carbons (Fsp3) is 0.310. The molecule has 11 nitrogen and oxygen atoms in total. The summed E-state index contributed by atoms with van der Waals surface area (Å²) in [7, 11) is -3.28. The van der Waals surface area contributed by atoms with Crippen molar-refractivity contribution in [2.45, 2.75) is 44.7 Å². The standard InChI is InChI=1S/C29H32BrClN4O7S/c1-5-14-32-29(37)20(3)33(17-21-7-9-22(30)10-8-21)28(36)18-34(26-15-23(31)11-13-27(26)42-4)43(40,41)24-12-6-19(2)25(16-24)35(38)39/h6-13,15-16,20H,5,14,17-18H2,1-4H3,(H,32,37). The first-order valence-corrected chi connectivity index (χ1v) is 15.8. The number of amides is 2. The largest absolute Gasteiger partial charge is 0.495 e. The number of hydrogen-bond donors (Lipinski definition) is 1. The van der Waals surface area contributed by atoms with Crippen LogP contribution in [0.25, 0.3) is 0 Å². The Morgan fingerprint density at radius 2 is 1.79 bits per heavy atom. The molecule has 0 spiro atoms. The second kappa shape index (κ2) is 14.7. The van der Waals surface area contributed by atoms with Crippen LogP contribution in [0.2, 0.25) is 5.02 Å². The summed E-state index contributed by atoms with van der Waals surface area (Å²) in [4.78, 5) is 38.9. The number of carbonyl (C=O) groups is 2. The van der Waals surface area contributed by atoms with Gasteiger partial charge in [0.15, 0.2) is 0 Å². The zero-order valence-corrected chi connectivity index (χ0v) is 27.2. The quantitative estimate of drug-likeness (QED) is 0.185. The van der Waals surface area contributed by atoms with Crippen LogP contribution >= 0.6 is 27.5 Å². The summed E-state index contributed by atoms with van der Waals surface area (Å²) in [6, 6.07) is 13.9. The van der Waals surface area contributed by atoms with Gasteiger partial charge in [0.1, 0.15) is 18.3 Å². The van der Waals surface area contributed by atoms with E-state index in [1.165, 1.54) is 49.3 Å². The topological polar surface area (TPSA) is 139 Å². The molecule has 14 heteroatoms. The molecule has 0 radical (unpaired) electrons. The molecule has 3 rings (SSSR count). The first-order valence-electron chi connectivity index (χ1n) is 13.2. The Balaban J connectivity index is 2.15. The molecule has 0 saturated heterocycles. The van der Waals surface area contributed by atoms with Gasteiger partial charge in [-0.25, -0.2) is 8.42 Å². The van der Waals surface area contributed by atoms with Crippen LogP contribution in [-0.2, 0) is 26.2 Å². The Labute approximate surface area is 264 Å². The molecule has 0 fully saturated rings. The number of anilines is 1. The summed E-state index contributed by atoms with van der Waals surface area (Å²) in [6.45, 7) is 4.58. The number of aryl methyl sites for hydroxylation is 1. The highest BCUT2D eigenvalue weighted by atomic mass is 79.9.